The second-order valence-corrected chi connectivity index (χ2v) is 5.29. The number of hydrogen-bond acceptors (Lipinski definition) is 4. The van der Waals surface area contributed by atoms with E-state index >= 15 is 0 Å². The molecule has 118 valence electrons. The summed E-state index contributed by atoms with van der Waals surface area (Å²) in [5, 5.41) is 6.51. The molecule has 1 aromatic carbocycles. The van der Waals surface area contributed by atoms with E-state index in [0.29, 0.717) is 11.5 Å². The fourth-order valence-electron chi connectivity index (χ4n) is 1.76. The molecule has 0 atom stereocenters. The highest BCUT2D eigenvalue weighted by Gasteiger charge is 2.06. The van der Waals surface area contributed by atoms with Gasteiger partial charge in [0.1, 0.15) is 0 Å². The maximum atomic E-state index is 5.30. The Balaban J connectivity index is 2.73. The van der Waals surface area contributed by atoms with E-state index in [1.54, 1.807) is 14.2 Å². The van der Waals surface area contributed by atoms with E-state index in [2.05, 4.69) is 21.9 Å². The fraction of sp³-hybridized carbons (Fsp3) is 0.533. The molecule has 0 amide bonds. The average molecular weight is 311 g/mol. The lowest BCUT2D eigenvalue weighted by Crippen LogP contribution is -2.30. The van der Waals surface area contributed by atoms with Crippen LogP contribution in [-0.2, 0) is 0 Å². The van der Waals surface area contributed by atoms with Gasteiger partial charge in [-0.3, -0.25) is 4.99 Å². The molecule has 6 heteroatoms. The van der Waals surface area contributed by atoms with Gasteiger partial charge in [-0.05, 0) is 37.5 Å². The van der Waals surface area contributed by atoms with Crippen molar-refractivity contribution in [3.05, 3.63) is 18.2 Å². The van der Waals surface area contributed by atoms with Crippen molar-refractivity contribution < 1.29 is 9.47 Å². The number of anilines is 1. The van der Waals surface area contributed by atoms with Gasteiger partial charge < -0.3 is 20.1 Å². The summed E-state index contributed by atoms with van der Waals surface area (Å²) in [6.07, 6.45) is 3.18. The van der Waals surface area contributed by atoms with Crippen molar-refractivity contribution in [2.45, 2.75) is 13.3 Å². The molecule has 0 radical (unpaired) electrons. The Bertz CT molecular complexity index is 453. The first-order valence-corrected chi connectivity index (χ1v) is 8.40. The Morgan fingerprint density at radius 3 is 2.62 bits per heavy atom. The number of nitrogens with zero attached hydrogens (tertiary/aromatic N) is 1. The van der Waals surface area contributed by atoms with E-state index in [9.17, 15) is 0 Å². The zero-order chi connectivity index (χ0) is 15.5. The van der Waals surface area contributed by atoms with Gasteiger partial charge in [0.2, 0.25) is 0 Å². The van der Waals surface area contributed by atoms with Crippen LogP contribution >= 0.6 is 11.8 Å². The predicted molar refractivity (Wildman–Crippen MR) is 92.1 cm³/mol. The topological polar surface area (TPSA) is 54.9 Å². The number of rotatable bonds is 8. The molecule has 0 bridgehead atoms. The van der Waals surface area contributed by atoms with Crippen LogP contribution in [0.4, 0.5) is 5.69 Å². The molecule has 0 fully saturated rings. The van der Waals surface area contributed by atoms with E-state index in [-0.39, 0.29) is 0 Å². The second-order valence-electron chi connectivity index (χ2n) is 4.30. The highest BCUT2D eigenvalue weighted by molar-refractivity contribution is 7.98. The van der Waals surface area contributed by atoms with Gasteiger partial charge in [0, 0.05) is 24.8 Å². The average Bonchev–Trinajstić information content (AvgIpc) is 2.51. The number of hydrogen-bond donors (Lipinski definition) is 2. The maximum absolute atomic E-state index is 5.30. The lowest BCUT2D eigenvalue weighted by Gasteiger charge is -2.13. The van der Waals surface area contributed by atoms with Crippen molar-refractivity contribution in [1.29, 1.82) is 0 Å². The van der Waals surface area contributed by atoms with Gasteiger partial charge in [-0.25, -0.2) is 0 Å². The Hall–Kier alpha value is -1.56. The van der Waals surface area contributed by atoms with Gasteiger partial charge in [0.05, 0.1) is 14.2 Å². The summed E-state index contributed by atoms with van der Waals surface area (Å²) in [4.78, 5) is 4.55. The third-order valence-electron chi connectivity index (χ3n) is 2.77. The molecule has 0 heterocycles. The number of nitrogens with one attached hydrogen (secondary N) is 2. The monoisotopic (exact) mass is 311 g/mol. The van der Waals surface area contributed by atoms with Crippen molar-refractivity contribution >= 4 is 23.4 Å². The van der Waals surface area contributed by atoms with Crippen molar-refractivity contribution in [1.82, 2.24) is 5.32 Å². The molecule has 0 saturated carbocycles. The molecule has 0 spiro atoms. The molecule has 5 nitrogen and oxygen atoms in total. The zero-order valence-electron chi connectivity index (χ0n) is 13.2. The molecule has 2 N–H and O–H groups in total. The lowest BCUT2D eigenvalue weighted by molar-refractivity contribution is 0.355. The SMILES string of the molecule is CCNC(=NCCCSC)Nc1ccc(OC)c(OC)c1. The van der Waals surface area contributed by atoms with Gasteiger partial charge in [-0.2, -0.15) is 11.8 Å². The number of ether oxygens (including phenoxy) is 2. The summed E-state index contributed by atoms with van der Waals surface area (Å²) in [5.74, 6) is 3.32. The van der Waals surface area contributed by atoms with E-state index < -0.39 is 0 Å². The number of methoxy groups -OCH3 is 2. The molecule has 21 heavy (non-hydrogen) atoms. The van der Waals surface area contributed by atoms with Crippen LogP contribution in [-0.4, -0.2) is 45.3 Å². The molecular formula is C15H25N3O2S. The molecule has 0 aliphatic rings. The quantitative estimate of drug-likeness (QED) is 0.439. The first kappa shape index (κ1) is 17.5. The predicted octanol–water partition coefficient (Wildman–Crippen LogP) is 2.83. The number of aliphatic imine (C=N–C) groups is 1. The van der Waals surface area contributed by atoms with E-state index in [4.69, 9.17) is 9.47 Å². The van der Waals surface area contributed by atoms with Gasteiger partial charge >= 0.3 is 0 Å². The van der Waals surface area contributed by atoms with Gasteiger partial charge in [-0.15, -0.1) is 0 Å². The highest BCUT2D eigenvalue weighted by Crippen LogP contribution is 2.29. The minimum absolute atomic E-state index is 0.695. The molecule has 0 aliphatic heterocycles. The van der Waals surface area contributed by atoms with Gasteiger partial charge in [-0.1, -0.05) is 0 Å². The van der Waals surface area contributed by atoms with Crippen LogP contribution in [0, 0.1) is 0 Å². The molecule has 0 unspecified atom stereocenters. The van der Waals surface area contributed by atoms with Crippen LogP contribution in [0.1, 0.15) is 13.3 Å². The van der Waals surface area contributed by atoms with E-state index in [0.717, 1.165) is 36.9 Å². The largest absolute Gasteiger partial charge is 0.493 e. The summed E-state index contributed by atoms with van der Waals surface area (Å²) in [6.45, 7) is 3.68. The second kappa shape index (κ2) is 10.2. The summed E-state index contributed by atoms with van der Waals surface area (Å²) < 4.78 is 10.5. The molecular weight excluding hydrogens is 286 g/mol. The number of guanidine groups is 1. The third-order valence-corrected chi connectivity index (χ3v) is 3.46. The normalized spacial score (nSPS) is 11.1. The van der Waals surface area contributed by atoms with Gasteiger partial charge in [0.15, 0.2) is 17.5 Å². The van der Waals surface area contributed by atoms with Crippen molar-refractivity contribution in [2.75, 3.05) is 44.6 Å². The zero-order valence-corrected chi connectivity index (χ0v) is 14.0. The number of benzene rings is 1. The Kier molecular flexibility index (Phi) is 8.50. The smallest absolute Gasteiger partial charge is 0.195 e. The highest BCUT2D eigenvalue weighted by atomic mass is 32.2. The Labute approximate surface area is 131 Å². The molecule has 1 aromatic rings. The van der Waals surface area contributed by atoms with Crippen molar-refractivity contribution in [2.24, 2.45) is 4.99 Å². The van der Waals surface area contributed by atoms with Crippen LogP contribution in [0.2, 0.25) is 0 Å². The van der Waals surface area contributed by atoms with Crippen LogP contribution < -0.4 is 20.1 Å². The van der Waals surface area contributed by atoms with Gasteiger partial charge in [0.25, 0.3) is 0 Å². The summed E-state index contributed by atoms with van der Waals surface area (Å²) >= 11 is 1.84. The third kappa shape index (κ3) is 6.16. The molecule has 0 aliphatic carbocycles. The first-order valence-electron chi connectivity index (χ1n) is 7.01. The van der Waals surface area contributed by atoms with E-state index in [1.165, 1.54) is 0 Å². The summed E-state index contributed by atoms with van der Waals surface area (Å²) in [6, 6.07) is 5.71. The van der Waals surface area contributed by atoms with Crippen LogP contribution in [0.5, 0.6) is 11.5 Å². The van der Waals surface area contributed by atoms with Crippen LogP contribution in [0.15, 0.2) is 23.2 Å². The van der Waals surface area contributed by atoms with Crippen molar-refractivity contribution in [3.8, 4) is 11.5 Å². The lowest BCUT2D eigenvalue weighted by atomic mass is 10.3. The van der Waals surface area contributed by atoms with Crippen molar-refractivity contribution in [3.63, 3.8) is 0 Å². The molecule has 0 aromatic heterocycles. The minimum Gasteiger partial charge on any atom is -0.493 e. The van der Waals surface area contributed by atoms with Crippen LogP contribution in [0.3, 0.4) is 0 Å². The molecule has 1 rings (SSSR count). The van der Waals surface area contributed by atoms with Crippen LogP contribution in [0.25, 0.3) is 0 Å². The molecule has 0 saturated heterocycles. The fourth-order valence-corrected chi connectivity index (χ4v) is 2.18. The summed E-state index contributed by atoms with van der Waals surface area (Å²) in [5.41, 5.74) is 0.914. The Morgan fingerprint density at radius 1 is 1.24 bits per heavy atom. The summed E-state index contributed by atoms with van der Waals surface area (Å²) in [7, 11) is 3.26. The number of thioether (sulfide) groups is 1. The Morgan fingerprint density at radius 2 is 2.00 bits per heavy atom. The first-order chi connectivity index (χ1) is 10.2. The maximum Gasteiger partial charge on any atom is 0.195 e. The van der Waals surface area contributed by atoms with E-state index in [1.807, 2.05) is 36.9 Å². The standard InChI is InChI=1S/C15H25N3O2S/c1-5-16-15(17-9-6-10-21-4)18-12-7-8-13(19-2)14(11-12)20-3/h7-8,11H,5-6,9-10H2,1-4H3,(H2,16,17,18). The minimum atomic E-state index is 0.695.